The molecular formula is C26H21F2N5O2. The molecule has 0 aliphatic carbocycles. The summed E-state index contributed by atoms with van der Waals surface area (Å²) in [6, 6.07) is 15.8. The Hall–Kier alpha value is -4.32. The maximum absolute atomic E-state index is 13.7. The SMILES string of the molecule is Cn1ccc2cc(-c3ccc4nccc(C(=O)NCC(=O)N5CC(F)(F)CC5C#N)c4c3)ccc21. The standard InChI is InChI=1S/C26H21F2N5O2/c1-32-9-7-18-10-16(3-5-23(18)32)17-2-4-22-21(11-17)20(6-8-30-22)25(35)31-14-24(34)33-15-26(27,28)12-19(33)13-29/h2-11,19H,12,14-15H2,1H3,(H,31,35). The monoisotopic (exact) mass is 473 g/mol. The van der Waals surface area contributed by atoms with Crippen molar-refractivity contribution in [2.75, 3.05) is 13.1 Å². The molecule has 1 fully saturated rings. The molecule has 4 aromatic rings. The van der Waals surface area contributed by atoms with Crippen molar-refractivity contribution in [1.29, 1.82) is 5.26 Å². The fraction of sp³-hybridized carbons (Fsp3) is 0.231. The van der Waals surface area contributed by atoms with Crippen LogP contribution >= 0.6 is 0 Å². The summed E-state index contributed by atoms with van der Waals surface area (Å²) in [5, 5.41) is 13.3. The van der Waals surface area contributed by atoms with E-state index in [2.05, 4.69) is 16.4 Å². The number of halogens is 2. The first-order valence-corrected chi connectivity index (χ1v) is 11.0. The van der Waals surface area contributed by atoms with Crippen molar-refractivity contribution in [2.45, 2.75) is 18.4 Å². The van der Waals surface area contributed by atoms with Crippen molar-refractivity contribution < 1.29 is 18.4 Å². The highest BCUT2D eigenvalue weighted by Gasteiger charge is 2.47. The zero-order chi connectivity index (χ0) is 24.7. The Morgan fingerprint density at radius 3 is 2.74 bits per heavy atom. The van der Waals surface area contributed by atoms with E-state index in [-0.39, 0.29) is 0 Å². The van der Waals surface area contributed by atoms with Crippen LogP contribution in [-0.4, -0.2) is 51.3 Å². The number of likely N-dealkylation sites (tertiary alicyclic amines) is 1. The average molecular weight is 473 g/mol. The second kappa shape index (κ2) is 8.47. The summed E-state index contributed by atoms with van der Waals surface area (Å²) in [4.78, 5) is 30.6. The van der Waals surface area contributed by atoms with Crippen molar-refractivity contribution in [3.05, 3.63) is 66.5 Å². The molecule has 2 amide bonds. The first-order chi connectivity index (χ1) is 16.8. The summed E-state index contributed by atoms with van der Waals surface area (Å²) in [5.74, 6) is -4.36. The van der Waals surface area contributed by atoms with Crippen LogP contribution in [0.3, 0.4) is 0 Å². The smallest absolute Gasteiger partial charge is 0.268 e. The Labute approximate surface area is 199 Å². The predicted molar refractivity (Wildman–Crippen MR) is 127 cm³/mol. The van der Waals surface area contributed by atoms with Gasteiger partial charge >= 0.3 is 0 Å². The van der Waals surface area contributed by atoms with Gasteiger partial charge < -0.3 is 14.8 Å². The van der Waals surface area contributed by atoms with Gasteiger partial charge in [0, 0.05) is 42.2 Å². The van der Waals surface area contributed by atoms with Gasteiger partial charge in [-0.2, -0.15) is 5.26 Å². The maximum atomic E-state index is 13.7. The summed E-state index contributed by atoms with van der Waals surface area (Å²) in [6.45, 7) is -1.31. The molecule has 2 aromatic heterocycles. The number of nitrogens with zero attached hydrogens (tertiary/aromatic N) is 4. The van der Waals surface area contributed by atoms with E-state index in [1.807, 2.05) is 54.2 Å². The molecular weight excluding hydrogens is 452 g/mol. The van der Waals surface area contributed by atoms with Crippen molar-refractivity contribution in [3.8, 4) is 17.2 Å². The Morgan fingerprint density at radius 1 is 1.17 bits per heavy atom. The number of hydrogen-bond donors (Lipinski definition) is 1. The van der Waals surface area contributed by atoms with E-state index < -0.39 is 43.3 Å². The van der Waals surface area contributed by atoms with Gasteiger partial charge in [-0.3, -0.25) is 14.6 Å². The lowest BCUT2D eigenvalue weighted by molar-refractivity contribution is -0.131. The molecule has 7 nitrogen and oxygen atoms in total. The normalized spacial score (nSPS) is 17.0. The quantitative estimate of drug-likeness (QED) is 0.487. The molecule has 1 saturated heterocycles. The molecule has 1 unspecified atom stereocenters. The van der Waals surface area contributed by atoms with Gasteiger partial charge in [0.15, 0.2) is 0 Å². The fourth-order valence-electron chi connectivity index (χ4n) is 4.53. The topological polar surface area (TPSA) is 91.0 Å². The second-order valence-corrected chi connectivity index (χ2v) is 8.70. The first-order valence-electron chi connectivity index (χ1n) is 11.0. The minimum atomic E-state index is -3.11. The summed E-state index contributed by atoms with van der Waals surface area (Å²) < 4.78 is 29.3. The number of benzene rings is 2. The lowest BCUT2D eigenvalue weighted by Gasteiger charge is -2.19. The summed E-state index contributed by atoms with van der Waals surface area (Å²) >= 11 is 0. The van der Waals surface area contributed by atoms with E-state index in [0.717, 1.165) is 26.9 Å². The average Bonchev–Trinajstić information content (AvgIpc) is 3.39. The third-order valence-corrected chi connectivity index (χ3v) is 6.34. The first kappa shape index (κ1) is 22.5. The number of aryl methyl sites for hydroxylation is 1. The molecule has 5 rings (SSSR count). The van der Waals surface area contributed by atoms with Gasteiger partial charge in [0.2, 0.25) is 5.91 Å². The van der Waals surface area contributed by atoms with E-state index in [1.165, 1.54) is 6.20 Å². The van der Waals surface area contributed by atoms with Gasteiger partial charge in [-0.05, 0) is 47.5 Å². The van der Waals surface area contributed by atoms with Crippen LogP contribution in [0.4, 0.5) is 8.78 Å². The van der Waals surface area contributed by atoms with Crippen LogP contribution in [0.5, 0.6) is 0 Å². The Kier molecular flexibility index (Phi) is 5.44. The van der Waals surface area contributed by atoms with Gasteiger partial charge in [-0.15, -0.1) is 0 Å². The third kappa shape index (κ3) is 4.19. The predicted octanol–water partition coefficient (Wildman–Crippen LogP) is 3.88. The summed E-state index contributed by atoms with van der Waals surface area (Å²) in [6.07, 6.45) is 2.79. The second-order valence-electron chi connectivity index (χ2n) is 8.70. The zero-order valence-corrected chi connectivity index (χ0v) is 18.8. The Bertz CT molecular complexity index is 1520. The van der Waals surface area contributed by atoms with Crippen LogP contribution in [-0.2, 0) is 11.8 Å². The Morgan fingerprint density at radius 2 is 1.94 bits per heavy atom. The van der Waals surface area contributed by atoms with Gasteiger partial charge in [-0.1, -0.05) is 12.1 Å². The highest BCUT2D eigenvalue weighted by Crippen LogP contribution is 2.32. The number of rotatable bonds is 4. The number of aromatic nitrogens is 2. The summed E-state index contributed by atoms with van der Waals surface area (Å²) in [7, 11) is 1.98. The largest absolute Gasteiger partial charge is 0.351 e. The number of alkyl halides is 2. The summed E-state index contributed by atoms with van der Waals surface area (Å²) in [5.41, 5.74) is 3.91. The van der Waals surface area contributed by atoms with Crippen LogP contribution < -0.4 is 5.32 Å². The number of fused-ring (bicyclic) bond motifs is 2. The van der Waals surface area contributed by atoms with Crippen molar-refractivity contribution in [2.24, 2.45) is 7.05 Å². The van der Waals surface area contributed by atoms with Gasteiger partial charge in [0.05, 0.1) is 30.2 Å². The molecule has 1 aliphatic rings. The number of amides is 2. The minimum absolute atomic E-state index is 0.314. The molecule has 1 atom stereocenters. The molecule has 0 bridgehead atoms. The maximum Gasteiger partial charge on any atom is 0.268 e. The molecule has 9 heteroatoms. The van der Waals surface area contributed by atoms with Gasteiger partial charge in [-0.25, -0.2) is 8.78 Å². The minimum Gasteiger partial charge on any atom is -0.351 e. The van der Waals surface area contributed by atoms with Crippen LogP contribution in [0.25, 0.3) is 32.9 Å². The molecule has 176 valence electrons. The van der Waals surface area contributed by atoms with Crippen LogP contribution in [0.1, 0.15) is 16.8 Å². The number of hydrogen-bond acceptors (Lipinski definition) is 4. The van der Waals surface area contributed by atoms with E-state index in [0.29, 0.717) is 16.5 Å². The highest BCUT2D eigenvalue weighted by molar-refractivity contribution is 6.07. The number of carbonyl (C=O) groups is 2. The lowest BCUT2D eigenvalue weighted by atomic mass is 9.99. The molecule has 35 heavy (non-hydrogen) atoms. The Balaban J connectivity index is 1.39. The molecule has 0 radical (unpaired) electrons. The molecule has 3 heterocycles. The number of pyridine rings is 1. The van der Waals surface area contributed by atoms with E-state index in [9.17, 15) is 18.4 Å². The number of nitrogens with one attached hydrogen (secondary N) is 1. The highest BCUT2D eigenvalue weighted by atomic mass is 19.3. The van der Waals surface area contributed by atoms with E-state index in [4.69, 9.17) is 5.26 Å². The molecule has 1 N–H and O–H groups in total. The van der Waals surface area contributed by atoms with Crippen molar-refractivity contribution >= 4 is 33.6 Å². The third-order valence-electron chi connectivity index (χ3n) is 6.34. The van der Waals surface area contributed by atoms with Crippen molar-refractivity contribution in [3.63, 3.8) is 0 Å². The molecule has 0 spiro atoms. The fourth-order valence-corrected chi connectivity index (χ4v) is 4.53. The van der Waals surface area contributed by atoms with Gasteiger partial charge in [0.1, 0.15) is 6.04 Å². The lowest BCUT2D eigenvalue weighted by Crippen LogP contribution is -2.43. The van der Waals surface area contributed by atoms with Crippen molar-refractivity contribution in [1.82, 2.24) is 19.8 Å². The van der Waals surface area contributed by atoms with Gasteiger partial charge in [0.25, 0.3) is 11.8 Å². The van der Waals surface area contributed by atoms with Crippen LogP contribution in [0, 0.1) is 11.3 Å². The van der Waals surface area contributed by atoms with Crippen LogP contribution in [0.15, 0.2) is 60.9 Å². The van der Waals surface area contributed by atoms with Crippen LogP contribution in [0.2, 0.25) is 0 Å². The number of nitriles is 1. The molecule has 0 saturated carbocycles. The van der Waals surface area contributed by atoms with E-state index in [1.54, 1.807) is 12.1 Å². The number of carbonyl (C=O) groups excluding carboxylic acids is 2. The van der Waals surface area contributed by atoms with E-state index >= 15 is 0 Å². The molecule has 2 aromatic carbocycles. The zero-order valence-electron chi connectivity index (χ0n) is 18.8. The molecule has 1 aliphatic heterocycles.